The quantitative estimate of drug-likeness (QED) is 0.850. The molecule has 1 atom stereocenters. The molecule has 5 nitrogen and oxygen atoms in total. The summed E-state index contributed by atoms with van der Waals surface area (Å²) in [6, 6.07) is 16.4. The zero-order valence-electron chi connectivity index (χ0n) is 15.1. The van der Waals surface area contributed by atoms with Gasteiger partial charge in [0.25, 0.3) is 0 Å². The van der Waals surface area contributed by atoms with Crippen LogP contribution in [0.4, 0.5) is 5.69 Å². The van der Waals surface area contributed by atoms with Crippen LogP contribution in [0.15, 0.2) is 42.6 Å². The molecule has 0 radical (unpaired) electrons. The van der Waals surface area contributed by atoms with Crippen LogP contribution in [-0.4, -0.2) is 36.1 Å². The second-order valence-electron chi connectivity index (χ2n) is 6.73. The fraction of sp³-hybridized carbons (Fsp3) is 0.381. The summed E-state index contributed by atoms with van der Waals surface area (Å²) in [4.78, 5) is 9.06. The fourth-order valence-corrected chi connectivity index (χ4v) is 3.65. The number of hydrogen-bond acceptors (Lipinski definition) is 5. The van der Waals surface area contributed by atoms with Gasteiger partial charge in [0.05, 0.1) is 22.5 Å². The Morgan fingerprint density at radius 3 is 2.73 bits per heavy atom. The first-order valence-electron chi connectivity index (χ1n) is 9.01. The van der Waals surface area contributed by atoms with Gasteiger partial charge >= 0.3 is 0 Å². The Balaban J connectivity index is 1.69. The van der Waals surface area contributed by atoms with E-state index in [0.717, 1.165) is 50.3 Å². The van der Waals surface area contributed by atoms with E-state index in [1.807, 2.05) is 30.5 Å². The molecule has 0 bridgehead atoms. The largest absolute Gasteiger partial charge is 0.370 e. The number of benzene rings is 1. The maximum atomic E-state index is 9.49. The molecule has 5 heteroatoms. The third-order valence-electron chi connectivity index (χ3n) is 5.07. The van der Waals surface area contributed by atoms with E-state index in [9.17, 15) is 10.5 Å². The first-order chi connectivity index (χ1) is 12.7. The molecule has 1 fully saturated rings. The van der Waals surface area contributed by atoms with Crippen molar-refractivity contribution in [3.63, 3.8) is 0 Å². The molecular weight excluding hydrogens is 322 g/mol. The highest BCUT2D eigenvalue weighted by Crippen LogP contribution is 2.27. The van der Waals surface area contributed by atoms with Crippen LogP contribution in [0.5, 0.6) is 0 Å². The Hall–Kier alpha value is -2.89. The van der Waals surface area contributed by atoms with Crippen molar-refractivity contribution in [3.05, 3.63) is 59.4 Å². The first kappa shape index (κ1) is 17.9. The monoisotopic (exact) mass is 345 g/mol. The molecule has 3 rings (SSSR count). The molecule has 1 aliphatic heterocycles. The minimum atomic E-state index is 0.457. The number of nitriles is 2. The lowest BCUT2D eigenvalue weighted by Crippen LogP contribution is -2.33. The molecule has 2 aromatic rings. The van der Waals surface area contributed by atoms with Gasteiger partial charge in [0.2, 0.25) is 0 Å². The van der Waals surface area contributed by atoms with Crippen LogP contribution >= 0.6 is 0 Å². The fourth-order valence-electron chi connectivity index (χ4n) is 3.65. The highest BCUT2D eigenvalue weighted by atomic mass is 15.2. The third-order valence-corrected chi connectivity index (χ3v) is 5.07. The number of nitrogens with zero attached hydrogens (tertiary/aromatic N) is 5. The minimum Gasteiger partial charge on any atom is -0.370 e. The van der Waals surface area contributed by atoms with Crippen LogP contribution < -0.4 is 4.90 Å². The summed E-state index contributed by atoms with van der Waals surface area (Å²) in [6.45, 7) is 2.65. The van der Waals surface area contributed by atoms with E-state index in [4.69, 9.17) is 0 Å². The molecule has 0 saturated carbocycles. The van der Waals surface area contributed by atoms with Crippen molar-refractivity contribution in [1.29, 1.82) is 10.5 Å². The van der Waals surface area contributed by atoms with Gasteiger partial charge in [-0.15, -0.1) is 0 Å². The van der Waals surface area contributed by atoms with Crippen LogP contribution in [0.3, 0.4) is 0 Å². The van der Waals surface area contributed by atoms with Crippen molar-refractivity contribution in [1.82, 2.24) is 9.88 Å². The summed E-state index contributed by atoms with van der Waals surface area (Å²) in [5.74, 6) is 0. The average molecular weight is 345 g/mol. The lowest BCUT2D eigenvalue weighted by atomic mass is 10.1. The van der Waals surface area contributed by atoms with Gasteiger partial charge in [0.1, 0.15) is 12.1 Å². The zero-order chi connectivity index (χ0) is 18.4. The summed E-state index contributed by atoms with van der Waals surface area (Å²) in [6.07, 6.45) is 5.06. The lowest BCUT2D eigenvalue weighted by molar-refractivity contribution is 0.215. The van der Waals surface area contributed by atoms with Crippen LogP contribution in [0.1, 0.15) is 36.1 Å². The summed E-state index contributed by atoms with van der Waals surface area (Å²) in [7, 11) is 2.16. The van der Waals surface area contributed by atoms with Gasteiger partial charge in [0.15, 0.2) is 0 Å². The molecule has 0 unspecified atom stereocenters. The smallest absolute Gasteiger partial charge is 0.103 e. The molecule has 1 aromatic carbocycles. The van der Waals surface area contributed by atoms with Gasteiger partial charge < -0.3 is 4.90 Å². The Morgan fingerprint density at radius 2 is 2.00 bits per heavy atom. The van der Waals surface area contributed by atoms with Gasteiger partial charge in [-0.25, -0.2) is 0 Å². The maximum Gasteiger partial charge on any atom is 0.103 e. The van der Waals surface area contributed by atoms with E-state index < -0.39 is 0 Å². The zero-order valence-corrected chi connectivity index (χ0v) is 15.1. The van der Waals surface area contributed by atoms with Crippen LogP contribution in [-0.2, 0) is 6.54 Å². The summed E-state index contributed by atoms with van der Waals surface area (Å²) >= 11 is 0. The lowest BCUT2D eigenvalue weighted by Gasteiger charge is -2.27. The van der Waals surface area contributed by atoms with Crippen molar-refractivity contribution in [2.75, 3.05) is 25.0 Å². The van der Waals surface area contributed by atoms with Crippen molar-refractivity contribution < 1.29 is 0 Å². The second-order valence-corrected chi connectivity index (χ2v) is 6.73. The third kappa shape index (κ3) is 4.02. The molecule has 26 heavy (non-hydrogen) atoms. The number of pyridine rings is 1. The molecule has 132 valence electrons. The number of rotatable bonds is 4. The van der Waals surface area contributed by atoms with Crippen molar-refractivity contribution >= 4 is 5.69 Å². The van der Waals surface area contributed by atoms with E-state index in [1.54, 1.807) is 6.07 Å². The molecule has 2 heterocycles. The van der Waals surface area contributed by atoms with Crippen LogP contribution in [0.2, 0.25) is 0 Å². The Morgan fingerprint density at radius 1 is 1.12 bits per heavy atom. The van der Waals surface area contributed by atoms with Gasteiger partial charge in [-0.2, -0.15) is 10.5 Å². The van der Waals surface area contributed by atoms with Gasteiger partial charge in [-0.3, -0.25) is 9.88 Å². The maximum absolute atomic E-state index is 9.49. The van der Waals surface area contributed by atoms with Gasteiger partial charge in [0, 0.05) is 31.9 Å². The van der Waals surface area contributed by atoms with Crippen molar-refractivity contribution in [2.45, 2.75) is 31.8 Å². The van der Waals surface area contributed by atoms with Gasteiger partial charge in [-0.05, 0) is 50.6 Å². The predicted molar refractivity (Wildman–Crippen MR) is 101 cm³/mol. The minimum absolute atomic E-state index is 0.457. The molecule has 1 aromatic heterocycles. The van der Waals surface area contributed by atoms with Crippen molar-refractivity contribution in [3.8, 4) is 12.1 Å². The molecule has 1 aliphatic rings. The van der Waals surface area contributed by atoms with Crippen LogP contribution in [0.25, 0.3) is 0 Å². The van der Waals surface area contributed by atoms with Gasteiger partial charge in [-0.1, -0.05) is 12.1 Å². The predicted octanol–water partition coefficient (Wildman–Crippen LogP) is 3.32. The molecule has 1 saturated heterocycles. The molecule has 0 spiro atoms. The average Bonchev–Trinajstić information content (AvgIpc) is 2.94. The first-order valence-corrected chi connectivity index (χ1v) is 9.01. The standard InChI is InChI=1S/C21H23N5/c1-25(16-18-7-2-3-11-24-18)19-8-5-12-26(13-10-19)21-9-4-6-17(14-22)20(21)15-23/h2-4,6-7,9,11,19H,5,8,10,12-13,16H2,1H3/t19-/m1/s1. The topological polar surface area (TPSA) is 67.0 Å². The summed E-state index contributed by atoms with van der Waals surface area (Å²) in [5, 5.41) is 18.7. The number of aromatic nitrogens is 1. The summed E-state index contributed by atoms with van der Waals surface area (Å²) < 4.78 is 0. The van der Waals surface area contributed by atoms with Crippen molar-refractivity contribution in [2.24, 2.45) is 0 Å². The summed E-state index contributed by atoms with van der Waals surface area (Å²) in [5.41, 5.74) is 2.93. The Bertz CT molecular complexity index is 819. The molecule has 0 N–H and O–H groups in total. The van der Waals surface area contributed by atoms with E-state index in [1.165, 1.54) is 0 Å². The SMILES string of the molecule is CN(Cc1ccccn1)[C@@H]1CCCN(c2cccc(C#N)c2C#N)CC1. The Kier molecular flexibility index (Phi) is 5.84. The highest BCUT2D eigenvalue weighted by molar-refractivity contribution is 5.65. The molecule has 0 amide bonds. The van der Waals surface area contributed by atoms with E-state index in [-0.39, 0.29) is 0 Å². The van der Waals surface area contributed by atoms with E-state index >= 15 is 0 Å². The normalized spacial score (nSPS) is 17.4. The molecule has 0 aliphatic carbocycles. The molecular formula is C21H23N5. The number of hydrogen-bond donors (Lipinski definition) is 0. The van der Waals surface area contributed by atoms with Crippen LogP contribution in [0, 0.1) is 22.7 Å². The number of anilines is 1. The Labute approximate surface area is 155 Å². The van der Waals surface area contributed by atoms with E-state index in [2.05, 4.69) is 40.0 Å². The van der Waals surface area contributed by atoms with E-state index in [0.29, 0.717) is 17.2 Å². The highest BCUT2D eigenvalue weighted by Gasteiger charge is 2.22. The second kappa shape index (κ2) is 8.47.